The van der Waals surface area contributed by atoms with Crippen LogP contribution in [0.4, 0.5) is 0 Å². The van der Waals surface area contributed by atoms with Gasteiger partial charge < -0.3 is 42.9 Å². The Balaban J connectivity index is 2.71. The quantitative estimate of drug-likeness (QED) is 0.0884. The standard InChI is InChI=1S/C18H31N7O7/c1-9(23-14(28)10(19)8-13(26)27)16(30)25-7-3-5-12(25)15(29)24-11(17(31)32)4-2-6-22-18(20)21/h9-12H,2-8,19H2,1H3,(H,23,28)(H,24,29)(H,26,27)(H,31,32)(H4,20,21,22). The van der Waals surface area contributed by atoms with E-state index >= 15 is 0 Å². The molecule has 0 spiro atoms. The summed E-state index contributed by atoms with van der Waals surface area (Å²) < 4.78 is 0. The number of nitrogens with one attached hydrogen (secondary N) is 2. The van der Waals surface area contributed by atoms with Crippen LogP contribution >= 0.6 is 0 Å². The molecule has 0 bridgehead atoms. The molecule has 14 heteroatoms. The molecule has 10 N–H and O–H groups in total. The zero-order chi connectivity index (χ0) is 24.4. The Bertz CT molecular complexity index is 754. The number of carbonyl (C=O) groups excluding carboxylic acids is 3. The smallest absolute Gasteiger partial charge is 0.326 e. The number of likely N-dealkylation sites (tertiary alicyclic amines) is 1. The van der Waals surface area contributed by atoms with Crippen LogP contribution in [0.5, 0.6) is 0 Å². The summed E-state index contributed by atoms with van der Waals surface area (Å²) in [6.07, 6.45) is 0.665. The van der Waals surface area contributed by atoms with Crippen molar-refractivity contribution < 1.29 is 34.2 Å². The Morgan fingerprint density at radius 1 is 1.16 bits per heavy atom. The van der Waals surface area contributed by atoms with Gasteiger partial charge >= 0.3 is 11.9 Å². The van der Waals surface area contributed by atoms with Crippen LogP contribution in [0.25, 0.3) is 0 Å². The molecule has 14 nitrogen and oxygen atoms in total. The van der Waals surface area contributed by atoms with E-state index in [1.54, 1.807) is 0 Å². The normalized spacial score (nSPS) is 18.2. The van der Waals surface area contributed by atoms with Crippen molar-refractivity contribution in [3.05, 3.63) is 0 Å². The predicted molar refractivity (Wildman–Crippen MR) is 112 cm³/mol. The van der Waals surface area contributed by atoms with E-state index in [1.165, 1.54) is 11.8 Å². The van der Waals surface area contributed by atoms with Crippen LogP contribution in [-0.4, -0.2) is 88.0 Å². The molecule has 1 saturated heterocycles. The highest BCUT2D eigenvalue weighted by Crippen LogP contribution is 2.19. The van der Waals surface area contributed by atoms with Gasteiger partial charge in [0.05, 0.1) is 12.5 Å². The van der Waals surface area contributed by atoms with E-state index in [9.17, 15) is 29.1 Å². The minimum absolute atomic E-state index is 0.0897. The van der Waals surface area contributed by atoms with E-state index < -0.39 is 60.2 Å². The van der Waals surface area contributed by atoms with Crippen molar-refractivity contribution in [3.8, 4) is 0 Å². The second kappa shape index (κ2) is 12.4. The molecule has 1 aliphatic heterocycles. The monoisotopic (exact) mass is 457 g/mol. The molecule has 1 aliphatic rings. The molecular formula is C18H31N7O7. The van der Waals surface area contributed by atoms with Gasteiger partial charge in [-0.15, -0.1) is 0 Å². The summed E-state index contributed by atoms with van der Waals surface area (Å²) in [7, 11) is 0. The van der Waals surface area contributed by atoms with Crippen LogP contribution < -0.4 is 27.8 Å². The lowest BCUT2D eigenvalue weighted by Gasteiger charge is -2.28. The topological polar surface area (TPSA) is 244 Å². The summed E-state index contributed by atoms with van der Waals surface area (Å²) >= 11 is 0. The summed E-state index contributed by atoms with van der Waals surface area (Å²) in [5.41, 5.74) is 15.9. The molecule has 4 atom stereocenters. The number of nitrogens with two attached hydrogens (primary N) is 3. The Kier molecular flexibility index (Phi) is 10.3. The minimum Gasteiger partial charge on any atom is -0.481 e. The molecule has 180 valence electrons. The highest BCUT2D eigenvalue weighted by molar-refractivity contribution is 5.94. The fraction of sp³-hybridized carbons (Fsp3) is 0.667. The number of guanidine groups is 1. The highest BCUT2D eigenvalue weighted by Gasteiger charge is 2.38. The maximum atomic E-state index is 12.8. The van der Waals surface area contributed by atoms with Crippen molar-refractivity contribution in [2.24, 2.45) is 22.2 Å². The maximum Gasteiger partial charge on any atom is 0.326 e. The van der Waals surface area contributed by atoms with Crippen LogP contribution in [0, 0.1) is 0 Å². The summed E-state index contributed by atoms with van der Waals surface area (Å²) in [5.74, 6) is -4.59. The fourth-order valence-electron chi connectivity index (χ4n) is 3.24. The van der Waals surface area contributed by atoms with Crippen molar-refractivity contribution in [3.63, 3.8) is 0 Å². The lowest BCUT2D eigenvalue weighted by molar-refractivity contribution is -0.145. The lowest BCUT2D eigenvalue weighted by Crippen LogP contribution is -2.56. The summed E-state index contributed by atoms with van der Waals surface area (Å²) in [6.45, 7) is 1.85. The molecule has 0 aromatic carbocycles. The molecule has 0 aliphatic carbocycles. The van der Waals surface area contributed by atoms with E-state index in [-0.39, 0.29) is 25.5 Å². The van der Waals surface area contributed by atoms with Crippen LogP contribution in [0.15, 0.2) is 4.99 Å². The first kappa shape index (κ1) is 26.6. The first-order valence-corrected chi connectivity index (χ1v) is 10.1. The van der Waals surface area contributed by atoms with E-state index in [0.717, 1.165) is 0 Å². The number of amides is 3. The van der Waals surface area contributed by atoms with Gasteiger partial charge in [0.2, 0.25) is 17.7 Å². The van der Waals surface area contributed by atoms with Gasteiger partial charge in [0.15, 0.2) is 5.96 Å². The Morgan fingerprint density at radius 3 is 2.38 bits per heavy atom. The number of carboxylic acid groups (broad SMARTS) is 2. The SMILES string of the molecule is CC(NC(=O)C(N)CC(=O)O)C(=O)N1CCCC1C(=O)NC(CCCN=C(N)N)C(=O)O. The average molecular weight is 457 g/mol. The molecule has 0 saturated carbocycles. The molecule has 4 unspecified atom stereocenters. The van der Waals surface area contributed by atoms with Gasteiger partial charge in [0.25, 0.3) is 0 Å². The van der Waals surface area contributed by atoms with Crippen LogP contribution in [0.2, 0.25) is 0 Å². The molecule has 3 amide bonds. The van der Waals surface area contributed by atoms with Gasteiger partial charge in [-0.25, -0.2) is 4.79 Å². The number of rotatable bonds is 12. The highest BCUT2D eigenvalue weighted by atomic mass is 16.4. The molecule has 0 aromatic rings. The van der Waals surface area contributed by atoms with Gasteiger partial charge in [-0.05, 0) is 32.6 Å². The number of carboxylic acids is 2. The Labute approximate surface area is 184 Å². The molecule has 32 heavy (non-hydrogen) atoms. The molecule has 0 aromatic heterocycles. The lowest BCUT2D eigenvalue weighted by atomic mass is 10.1. The van der Waals surface area contributed by atoms with Gasteiger partial charge in [0, 0.05) is 13.1 Å². The van der Waals surface area contributed by atoms with E-state index in [4.69, 9.17) is 22.3 Å². The number of hydrogen-bond donors (Lipinski definition) is 7. The van der Waals surface area contributed by atoms with Crippen molar-refractivity contribution in [1.29, 1.82) is 0 Å². The van der Waals surface area contributed by atoms with Crippen molar-refractivity contribution >= 4 is 35.6 Å². The Morgan fingerprint density at radius 2 is 1.81 bits per heavy atom. The first-order valence-electron chi connectivity index (χ1n) is 10.1. The average Bonchev–Trinajstić information content (AvgIpc) is 3.18. The van der Waals surface area contributed by atoms with Crippen LogP contribution in [0.3, 0.4) is 0 Å². The van der Waals surface area contributed by atoms with Gasteiger partial charge in [-0.2, -0.15) is 0 Å². The molecule has 1 rings (SSSR count). The molecular weight excluding hydrogens is 426 g/mol. The summed E-state index contributed by atoms with van der Waals surface area (Å²) in [4.78, 5) is 64.6. The maximum absolute atomic E-state index is 12.8. The number of aliphatic imine (C=N–C) groups is 1. The van der Waals surface area contributed by atoms with Gasteiger partial charge in [-0.3, -0.25) is 24.2 Å². The van der Waals surface area contributed by atoms with Gasteiger partial charge in [0.1, 0.15) is 18.1 Å². The second-order valence-corrected chi connectivity index (χ2v) is 7.47. The molecule has 1 fully saturated rings. The summed E-state index contributed by atoms with van der Waals surface area (Å²) in [5, 5.41) is 22.9. The number of aliphatic carboxylic acids is 2. The van der Waals surface area contributed by atoms with Crippen molar-refractivity contribution in [2.45, 2.75) is 63.2 Å². The van der Waals surface area contributed by atoms with E-state index in [2.05, 4.69) is 15.6 Å². The largest absolute Gasteiger partial charge is 0.481 e. The third kappa shape index (κ3) is 8.37. The summed E-state index contributed by atoms with van der Waals surface area (Å²) in [6, 6.07) is -4.45. The fourth-order valence-corrected chi connectivity index (χ4v) is 3.24. The number of nitrogens with zero attached hydrogens (tertiary/aromatic N) is 2. The number of hydrogen-bond acceptors (Lipinski definition) is 7. The van der Waals surface area contributed by atoms with Crippen molar-refractivity contribution in [2.75, 3.05) is 13.1 Å². The third-order valence-corrected chi connectivity index (χ3v) is 4.86. The Hall–Kier alpha value is -3.42. The third-order valence-electron chi connectivity index (χ3n) is 4.86. The molecule has 1 heterocycles. The second-order valence-electron chi connectivity index (χ2n) is 7.47. The number of carbonyl (C=O) groups is 5. The first-order chi connectivity index (χ1) is 14.9. The minimum atomic E-state index is -1.32. The van der Waals surface area contributed by atoms with Crippen LogP contribution in [0.1, 0.15) is 39.0 Å². The van der Waals surface area contributed by atoms with Crippen molar-refractivity contribution in [1.82, 2.24) is 15.5 Å². The zero-order valence-corrected chi connectivity index (χ0v) is 17.8. The van der Waals surface area contributed by atoms with Gasteiger partial charge in [-0.1, -0.05) is 0 Å². The van der Waals surface area contributed by atoms with Crippen LogP contribution in [-0.2, 0) is 24.0 Å². The van der Waals surface area contributed by atoms with E-state index in [0.29, 0.717) is 19.3 Å². The van der Waals surface area contributed by atoms with E-state index in [1.807, 2.05) is 0 Å². The zero-order valence-electron chi connectivity index (χ0n) is 17.8. The predicted octanol–water partition coefficient (Wildman–Crippen LogP) is -3.09. The molecule has 0 radical (unpaired) electrons.